The van der Waals surface area contributed by atoms with Gasteiger partial charge in [0.15, 0.2) is 15.5 Å². The van der Waals surface area contributed by atoms with Gasteiger partial charge in [-0.25, -0.2) is 12.9 Å². The van der Waals surface area contributed by atoms with Crippen LogP contribution in [0.4, 0.5) is 5.95 Å². The van der Waals surface area contributed by atoms with E-state index in [1.54, 1.807) is 35.8 Å². The second kappa shape index (κ2) is 5.36. The lowest BCUT2D eigenvalue weighted by Gasteiger charge is -2.07. The van der Waals surface area contributed by atoms with Crippen molar-refractivity contribution in [2.24, 2.45) is 0 Å². The van der Waals surface area contributed by atoms with Gasteiger partial charge < -0.3 is 5.73 Å². The maximum Gasteiger partial charge on any atom is 0.240 e. The summed E-state index contributed by atoms with van der Waals surface area (Å²) in [6.45, 7) is 1.62. The van der Waals surface area contributed by atoms with Crippen LogP contribution < -0.4 is 5.73 Å². The summed E-state index contributed by atoms with van der Waals surface area (Å²) in [5.74, 6) is 0.221. The van der Waals surface area contributed by atoms with Crippen LogP contribution in [0.5, 0.6) is 0 Å². The smallest absolute Gasteiger partial charge is 0.240 e. The summed E-state index contributed by atoms with van der Waals surface area (Å²) in [4.78, 5) is 4.49. The second-order valence-corrected chi connectivity index (χ2v) is 7.94. The Kier molecular flexibility index (Phi) is 3.65. The fourth-order valence-corrected chi connectivity index (χ4v) is 3.55. The molecule has 8 heteroatoms. The molecule has 0 saturated carbocycles. The third-order valence-corrected chi connectivity index (χ3v) is 5.47. The number of nitrogen functional groups attached to an aromatic ring is 1. The number of rotatable bonds is 3. The molecule has 0 aliphatic carbocycles. The molecular weight excluding hydrogens is 368 g/mol. The van der Waals surface area contributed by atoms with Crippen LogP contribution in [-0.2, 0) is 9.84 Å². The normalized spacial score (nSPS) is 11.9. The highest BCUT2D eigenvalue weighted by Gasteiger charge is 2.15. The van der Waals surface area contributed by atoms with E-state index in [4.69, 9.17) is 5.73 Å². The lowest BCUT2D eigenvalue weighted by atomic mass is 10.1. The Balaban J connectivity index is 2.26. The van der Waals surface area contributed by atoms with Crippen LogP contribution in [0.15, 0.2) is 45.9 Å². The van der Waals surface area contributed by atoms with Gasteiger partial charge in [-0.2, -0.15) is 4.98 Å². The van der Waals surface area contributed by atoms with Crippen molar-refractivity contribution in [1.29, 1.82) is 0 Å². The fraction of sp³-hybridized carbons (Fsp3) is 0.143. The number of sulfone groups is 1. The maximum atomic E-state index is 12.1. The molecule has 0 unspecified atom stereocenters. The topological polar surface area (TPSA) is 90.3 Å². The van der Waals surface area contributed by atoms with Crippen molar-refractivity contribution in [3.8, 4) is 11.1 Å². The minimum atomic E-state index is -3.27. The summed E-state index contributed by atoms with van der Waals surface area (Å²) in [5.41, 5.74) is 7.73. The minimum absolute atomic E-state index is 0.0578. The maximum absolute atomic E-state index is 12.1. The van der Waals surface area contributed by atoms with Crippen molar-refractivity contribution in [3.05, 3.63) is 41.0 Å². The molecule has 114 valence electrons. The molecule has 2 heterocycles. The number of hydrogen-bond acceptors (Lipinski definition) is 5. The highest BCUT2D eigenvalue weighted by molar-refractivity contribution is 9.10. The average molecular weight is 381 g/mol. The zero-order chi connectivity index (χ0) is 15.9. The zero-order valence-electron chi connectivity index (χ0n) is 11.7. The van der Waals surface area contributed by atoms with Gasteiger partial charge in [0.1, 0.15) is 0 Å². The molecule has 2 N–H and O–H groups in total. The molecule has 22 heavy (non-hydrogen) atoms. The van der Waals surface area contributed by atoms with Crippen molar-refractivity contribution >= 4 is 37.4 Å². The molecule has 3 aromatic rings. The Morgan fingerprint density at radius 3 is 2.82 bits per heavy atom. The Bertz CT molecular complexity index is 966. The summed E-state index contributed by atoms with van der Waals surface area (Å²) in [7, 11) is -3.27. The van der Waals surface area contributed by atoms with Gasteiger partial charge in [-0.05, 0) is 39.7 Å². The molecular formula is C14H13BrN4O2S. The van der Waals surface area contributed by atoms with E-state index in [2.05, 4.69) is 26.0 Å². The van der Waals surface area contributed by atoms with Gasteiger partial charge in [0.25, 0.3) is 0 Å². The molecule has 0 spiro atoms. The molecule has 3 rings (SSSR count). The van der Waals surface area contributed by atoms with Crippen LogP contribution >= 0.6 is 15.9 Å². The fourth-order valence-electron chi connectivity index (χ4n) is 2.21. The van der Waals surface area contributed by atoms with Crippen molar-refractivity contribution < 1.29 is 8.42 Å². The summed E-state index contributed by atoms with van der Waals surface area (Å²) < 4.78 is 26.5. The third-order valence-electron chi connectivity index (χ3n) is 3.30. The number of nitrogens with two attached hydrogens (primary N) is 1. The predicted octanol–water partition coefficient (Wildman–Crippen LogP) is 2.53. The van der Waals surface area contributed by atoms with E-state index < -0.39 is 9.84 Å². The van der Waals surface area contributed by atoms with Crippen molar-refractivity contribution in [2.75, 3.05) is 11.5 Å². The molecule has 0 radical (unpaired) electrons. The van der Waals surface area contributed by atoms with E-state index in [9.17, 15) is 8.42 Å². The number of pyridine rings is 1. The molecule has 0 bridgehead atoms. The van der Waals surface area contributed by atoms with E-state index in [0.717, 1.165) is 15.6 Å². The largest absolute Gasteiger partial charge is 0.366 e. The van der Waals surface area contributed by atoms with Gasteiger partial charge in [-0.3, -0.25) is 0 Å². The quantitative estimate of drug-likeness (QED) is 0.753. The Morgan fingerprint density at radius 2 is 2.09 bits per heavy atom. The first kappa shape index (κ1) is 15.0. The summed E-state index contributed by atoms with van der Waals surface area (Å²) >= 11 is 3.41. The molecule has 1 aromatic carbocycles. The Morgan fingerprint density at radius 1 is 1.32 bits per heavy atom. The van der Waals surface area contributed by atoms with Crippen LogP contribution in [0, 0.1) is 0 Å². The minimum Gasteiger partial charge on any atom is -0.366 e. The van der Waals surface area contributed by atoms with Crippen LogP contribution in [0.3, 0.4) is 0 Å². The highest BCUT2D eigenvalue weighted by atomic mass is 79.9. The van der Waals surface area contributed by atoms with Gasteiger partial charge >= 0.3 is 0 Å². The molecule has 0 saturated heterocycles. The number of anilines is 1. The van der Waals surface area contributed by atoms with Crippen molar-refractivity contribution in [2.45, 2.75) is 11.8 Å². The first-order valence-corrected chi connectivity index (χ1v) is 9.00. The van der Waals surface area contributed by atoms with Gasteiger partial charge in [0.2, 0.25) is 5.95 Å². The van der Waals surface area contributed by atoms with Gasteiger partial charge in [-0.1, -0.05) is 19.1 Å². The summed E-state index contributed by atoms with van der Waals surface area (Å²) in [6.07, 6.45) is 1.74. The number of halogens is 1. The van der Waals surface area contributed by atoms with Crippen LogP contribution in [0.25, 0.3) is 16.8 Å². The number of benzene rings is 1. The van der Waals surface area contributed by atoms with Crippen molar-refractivity contribution in [1.82, 2.24) is 14.6 Å². The molecule has 0 aliphatic rings. The van der Waals surface area contributed by atoms with Gasteiger partial charge in [0.05, 0.1) is 10.6 Å². The van der Waals surface area contributed by atoms with Gasteiger partial charge in [-0.15, -0.1) is 5.10 Å². The molecule has 0 atom stereocenters. The van der Waals surface area contributed by atoms with E-state index in [1.165, 1.54) is 0 Å². The molecule has 2 aromatic heterocycles. The first-order chi connectivity index (χ1) is 10.4. The standard InChI is InChI=1S/C14H13BrN4O2S/c1-2-22(20,21)11-5-3-4-9(6-11)12-7-10(15)8-19-13(12)17-14(16)18-19/h3-8H,2H2,1H3,(H2,16,18). The number of fused-ring (bicyclic) bond motifs is 1. The number of nitrogens with zero attached hydrogens (tertiary/aromatic N) is 3. The van der Waals surface area contributed by atoms with Gasteiger partial charge in [0, 0.05) is 16.2 Å². The van der Waals surface area contributed by atoms with E-state index in [1.807, 2.05) is 12.1 Å². The number of aromatic nitrogens is 3. The zero-order valence-corrected chi connectivity index (χ0v) is 14.1. The molecule has 0 aliphatic heterocycles. The SMILES string of the molecule is CCS(=O)(=O)c1cccc(-c2cc(Br)cn3nc(N)nc23)c1. The monoisotopic (exact) mass is 380 g/mol. The van der Waals surface area contributed by atoms with Crippen molar-refractivity contribution in [3.63, 3.8) is 0 Å². The van der Waals surface area contributed by atoms with Crippen LogP contribution in [-0.4, -0.2) is 28.8 Å². The lowest BCUT2D eigenvalue weighted by molar-refractivity contribution is 0.597. The first-order valence-electron chi connectivity index (χ1n) is 6.55. The molecule has 6 nitrogen and oxygen atoms in total. The average Bonchev–Trinajstić information content (AvgIpc) is 2.86. The van der Waals surface area contributed by atoms with Crippen LogP contribution in [0.2, 0.25) is 0 Å². The molecule has 0 amide bonds. The Hall–Kier alpha value is -1.93. The lowest BCUT2D eigenvalue weighted by Crippen LogP contribution is -2.03. The summed E-state index contributed by atoms with van der Waals surface area (Å²) in [5, 5.41) is 4.08. The predicted molar refractivity (Wildman–Crippen MR) is 88.3 cm³/mol. The summed E-state index contributed by atoms with van der Waals surface area (Å²) in [6, 6.07) is 8.65. The second-order valence-electron chi connectivity index (χ2n) is 4.74. The van der Waals surface area contributed by atoms with E-state index in [-0.39, 0.29) is 16.6 Å². The Labute approximate surface area is 136 Å². The third kappa shape index (κ3) is 2.59. The number of hydrogen-bond donors (Lipinski definition) is 1. The van der Waals surface area contributed by atoms with E-state index in [0.29, 0.717) is 5.65 Å². The van der Waals surface area contributed by atoms with E-state index >= 15 is 0 Å². The highest BCUT2D eigenvalue weighted by Crippen LogP contribution is 2.29. The van der Waals surface area contributed by atoms with Crippen LogP contribution in [0.1, 0.15) is 6.92 Å². The molecule has 0 fully saturated rings.